The maximum absolute atomic E-state index is 5.94. The minimum atomic E-state index is 0.613. The van der Waals surface area contributed by atoms with E-state index in [1.165, 1.54) is 36.9 Å². The number of rotatable bonds is 3. The van der Waals surface area contributed by atoms with E-state index < -0.39 is 0 Å². The highest BCUT2D eigenvalue weighted by Gasteiger charge is 2.21. The molecule has 94 valence electrons. The quantitative estimate of drug-likeness (QED) is 0.804. The zero-order valence-electron chi connectivity index (χ0n) is 10.7. The first-order chi connectivity index (χ1) is 8.20. The topological polar surface area (TPSA) is 38.0 Å². The van der Waals surface area contributed by atoms with E-state index in [4.69, 9.17) is 5.73 Å². The Morgan fingerprint density at radius 3 is 2.94 bits per heavy atom. The third kappa shape index (κ3) is 3.09. The average Bonchev–Trinajstić information content (AvgIpc) is 2.35. The van der Waals surface area contributed by atoms with Crippen LogP contribution >= 0.6 is 11.8 Å². The summed E-state index contributed by atoms with van der Waals surface area (Å²) in [5.74, 6) is 0. The lowest BCUT2D eigenvalue weighted by Crippen LogP contribution is -2.28. The van der Waals surface area contributed by atoms with Gasteiger partial charge in [-0.25, -0.2) is 0 Å². The van der Waals surface area contributed by atoms with Crippen molar-refractivity contribution in [1.29, 1.82) is 0 Å². The summed E-state index contributed by atoms with van der Waals surface area (Å²) in [6.07, 6.45) is 7.49. The Morgan fingerprint density at radius 2 is 2.18 bits per heavy atom. The zero-order valence-corrected chi connectivity index (χ0v) is 11.5. The first-order valence-electron chi connectivity index (χ1n) is 6.35. The molecular weight excluding hydrogens is 228 g/mol. The van der Waals surface area contributed by atoms with Crippen molar-refractivity contribution in [2.24, 2.45) is 0 Å². The van der Waals surface area contributed by atoms with Crippen LogP contribution in [0.2, 0.25) is 0 Å². The Bertz CT molecular complexity index is 378. The van der Waals surface area contributed by atoms with Gasteiger partial charge in [-0.1, -0.05) is 12.5 Å². The number of nitrogen functional groups attached to an aromatic ring is 1. The molecule has 2 atom stereocenters. The van der Waals surface area contributed by atoms with E-state index in [1.54, 1.807) is 0 Å². The maximum Gasteiger partial charge on any atom is 0.0392 e. The molecule has 3 heteroatoms. The Labute approximate surface area is 108 Å². The first-order valence-corrected chi connectivity index (χ1v) is 7.64. The van der Waals surface area contributed by atoms with Gasteiger partial charge in [0.25, 0.3) is 0 Å². The molecule has 0 saturated heterocycles. The number of benzene rings is 1. The molecule has 3 N–H and O–H groups in total. The molecule has 17 heavy (non-hydrogen) atoms. The summed E-state index contributed by atoms with van der Waals surface area (Å²) in [5, 5.41) is 4.48. The summed E-state index contributed by atoms with van der Waals surface area (Å²) in [5.41, 5.74) is 9.20. The van der Waals surface area contributed by atoms with Gasteiger partial charge in [0.1, 0.15) is 0 Å². The Morgan fingerprint density at radius 1 is 1.35 bits per heavy atom. The van der Waals surface area contributed by atoms with Crippen molar-refractivity contribution in [3.63, 3.8) is 0 Å². The minimum Gasteiger partial charge on any atom is -0.398 e. The van der Waals surface area contributed by atoms with Crippen LogP contribution in [0.25, 0.3) is 0 Å². The van der Waals surface area contributed by atoms with Gasteiger partial charge in [0.05, 0.1) is 0 Å². The number of nitrogens with two attached hydrogens (primary N) is 1. The van der Waals surface area contributed by atoms with Crippen molar-refractivity contribution >= 4 is 23.1 Å². The second-order valence-electron chi connectivity index (χ2n) is 4.89. The van der Waals surface area contributed by atoms with Crippen LogP contribution in [0, 0.1) is 6.92 Å². The average molecular weight is 250 g/mol. The van der Waals surface area contributed by atoms with Crippen LogP contribution in [0.5, 0.6) is 0 Å². The highest BCUT2D eigenvalue weighted by Crippen LogP contribution is 2.30. The van der Waals surface area contributed by atoms with E-state index in [-0.39, 0.29) is 0 Å². The number of thioether (sulfide) groups is 1. The van der Waals surface area contributed by atoms with Gasteiger partial charge in [0.2, 0.25) is 0 Å². The normalized spacial score (nSPS) is 24.6. The van der Waals surface area contributed by atoms with Gasteiger partial charge in [-0.15, -0.1) is 0 Å². The fraction of sp³-hybridized carbons (Fsp3) is 0.571. The molecular formula is C14H22N2S. The molecule has 0 spiro atoms. The summed E-state index contributed by atoms with van der Waals surface area (Å²) in [7, 11) is 0. The molecule has 1 aromatic carbocycles. The molecule has 2 nitrogen and oxygen atoms in total. The van der Waals surface area contributed by atoms with E-state index in [0.717, 1.165) is 10.9 Å². The Hall–Kier alpha value is -0.830. The van der Waals surface area contributed by atoms with Crippen molar-refractivity contribution < 1.29 is 0 Å². The molecule has 1 saturated carbocycles. The molecule has 1 aliphatic carbocycles. The molecule has 1 aromatic rings. The van der Waals surface area contributed by atoms with Gasteiger partial charge in [0.15, 0.2) is 0 Å². The zero-order chi connectivity index (χ0) is 12.3. The molecule has 1 fully saturated rings. The second-order valence-corrected chi connectivity index (χ2v) is 6.02. The molecule has 0 bridgehead atoms. The predicted octanol–water partition coefficient (Wildman–Crippen LogP) is 3.66. The minimum absolute atomic E-state index is 0.613. The van der Waals surface area contributed by atoms with Crippen molar-refractivity contribution in [2.75, 3.05) is 17.3 Å². The summed E-state index contributed by atoms with van der Waals surface area (Å²) >= 11 is 2.00. The molecule has 1 aliphatic rings. The van der Waals surface area contributed by atoms with Crippen LogP contribution in [0.15, 0.2) is 18.2 Å². The lowest BCUT2D eigenvalue weighted by Gasteiger charge is -2.30. The molecule has 0 heterocycles. The lowest BCUT2D eigenvalue weighted by molar-refractivity contribution is 0.473. The van der Waals surface area contributed by atoms with Crippen LogP contribution < -0.4 is 11.1 Å². The van der Waals surface area contributed by atoms with Gasteiger partial charge < -0.3 is 11.1 Å². The van der Waals surface area contributed by atoms with E-state index in [2.05, 4.69) is 24.6 Å². The van der Waals surface area contributed by atoms with Crippen LogP contribution in [0.3, 0.4) is 0 Å². The Kier molecular flexibility index (Phi) is 4.21. The van der Waals surface area contributed by atoms with E-state index >= 15 is 0 Å². The maximum atomic E-state index is 5.94. The number of nitrogens with one attached hydrogen (secondary N) is 1. The van der Waals surface area contributed by atoms with E-state index in [1.807, 2.05) is 23.9 Å². The number of anilines is 2. The van der Waals surface area contributed by atoms with Crippen molar-refractivity contribution in [3.05, 3.63) is 23.8 Å². The fourth-order valence-electron chi connectivity index (χ4n) is 2.52. The Balaban J connectivity index is 2.02. The molecule has 0 aliphatic heterocycles. The van der Waals surface area contributed by atoms with Crippen LogP contribution in [0.1, 0.15) is 31.2 Å². The monoisotopic (exact) mass is 250 g/mol. The second kappa shape index (κ2) is 5.67. The predicted molar refractivity (Wildman–Crippen MR) is 78.8 cm³/mol. The van der Waals surface area contributed by atoms with Gasteiger partial charge in [-0.3, -0.25) is 0 Å². The largest absolute Gasteiger partial charge is 0.398 e. The first kappa shape index (κ1) is 12.6. The van der Waals surface area contributed by atoms with E-state index in [0.29, 0.717) is 6.04 Å². The third-order valence-electron chi connectivity index (χ3n) is 3.69. The lowest BCUT2D eigenvalue weighted by atomic mass is 9.94. The molecule has 2 rings (SSSR count). The van der Waals surface area contributed by atoms with Crippen LogP contribution in [-0.2, 0) is 0 Å². The third-order valence-corrected chi connectivity index (χ3v) is 4.79. The summed E-state index contributed by atoms with van der Waals surface area (Å²) in [6, 6.07) is 6.74. The smallest absolute Gasteiger partial charge is 0.0392 e. The highest BCUT2D eigenvalue weighted by atomic mass is 32.2. The highest BCUT2D eigenvalue weighted by molar-refractivity contribution is 7.99. The summed E-state index contributed by atoms with van der Waals surface area (Å²) < 4.78 is 0. The molecule has 0 radical (unpaired) electrons. The number of hydrogen-bond acceptors (Lipinski definition) is 3. The fourth-order valence-corrected chi connectivity index (χ4v) is 3.35. The molecule has 0 aromatic heterocycles. The van der Waals surface area contributed by atoms with E-state index in [9.17, 15) is 0 Å². The van der Waals surface area contributed by atoms with Crippen LogP contribution in [0.4, 0.5) is 11.4 Å². The summed E-state index contributed by atoms with van der Waals surface area (Å²) in [6.45, 7) is 2.09. The van der Waals surface area contributed by atoms with Gasteiger partial charge in [-0.2, -0.15) is 11.8 Å². The van der Waals surface area contributed by atoms with Crippen LogP contribution in [-0.4, -0.2) is 17.5 Å². The SMILES string of the molecule is CSC1CCCC(Nc2cccc(N)c2C)C1. The number of hydrogen-bond donors (Lipinski definition) is 2. The van der Waals surface area contributed by atoms with Crippen molar-refractivity contribution in [2.45, 2.75) is 43.9 Å². The summed E-state index contributed by atoms with van der Waals surface area (Å²) in [4.78, 5) is 0. The van der Waals surface area contributed by atoms with Gasteiger partial charge in [0, 0.05) is 22.7 Å². The van der Waals surface area contributed by atoms with Crippen molar-refractivity contribution in [3.8, 4) is 0 Å². The molecule has 0 amide bonds. The van der Waals surface area contributed by atoms with Crippen molar-refractivity contribution in [1.82, 2.24) is 0 Å². The standard InChI is InChI=1S/C14H22N2S/c1-10-13(15)7-4-8-14(10)16-11-5-3-6-12(9-11)17-2/h4,7-8,11-12,16H,3,5-6,9,15H2,1-2H3. The van der Waals surface area contributed by atoms with Gasteiger partial charge >= 0.3 is 0 Å². The van der Waals surface area contributed by atoms with Gasteiger partial charge in [-0.05, 0) is 50.1 Å². The molecule has 2 unspecified atom stereocenters.